The van der Waals surface area contributed by atoms with E-state index >= 15 is 0 Å². The van der Waals surface area contributed by atoms with Gasteiger partial charge in [0.15, 0.2) is 0 Å². The van der Waals surface area contributed by atoms with Gasteiger partial charge in [-0.25, -0.2) is 12.8 Å². The fraction of sp³-hybridized carbons (Fsp3) is 0.667. The van der Waals surface area contributed by atoms with E-state index in [-0.39, 0.29) is 10.8 Å². The number of carbonyl (C=O) groups excluding carboxylic acids is 1. The van der Waals surface area contributed by atoms with Crippen LogP contribution in [-0.2, 0) is 19.6 Å². The zero-order valence-corrected chi connectivity index (χ0v) is 18.2. The summed E-state index contributed by atoms with van der Waals surface area (Å²) < 4.78 is 45.9. The molecule has 0 bridgehead atoms. The smallest absolute Gasteiger partial charge is 0.245 e. The van der Waals surface area contributed by atoms with Crippen molar-refractivity contribution in [2.24, 2.45) is 5.92 Å². The molecule has 0 aromatic heterocycles. The van der Waals surface area contributed by atoms with Crippen LogP contribution in [0.25, 0.3) is 0 Å². The first-order valence-electron chi connectivity index (χ1n) is 10.8. The van der Waals surface area contributed by atoms with Gasteiger partial charge >= 0.3 is 0 Å². The minimum atomic E-state index is -3.80. The molecular formula is C21H32FN3O4S. The number of morpholine rings is 1. The highest BCUT2D eigenvalue weighted by Gasteiger charge is 2.31. The highest BCUT2D eigenvalue weighted by molar-refractivity contribution is 7.89. The molecule has 2 saturated heterocycles. The summed E-state index contributed by atoms with van der Waals surface area (Å²) >= 11 is 0. The third kappa shape index (κ3) is 6.47. The van der Waals surface area contributed by atoms with Crippen molar-refractivity contribution in [3.63, 3.8) is 0 Å². The SMILES string of the molecule is O=C(CCC1CCN(S(=O)(=O)c2ccccc2F)CC1)NCCCN1CCOCC1. The van der Waals surface area contributed by atoms with Crippen LogP contribution in [0.2, 0.25) is 0 Å². The summed E-state index contributed by atoms with van der Waals surface area (Å²) in [6.45, 7) is 5.86. The van der Waals surface area contributed by atoms with Crippen molar-refractivity contribution in [1.82, 2.24) is 14.5 Å². The molecule has 2 aliphatic rings. The van der Waals surface area contributed by atoms with Gasteiger partial charge in [-0.3, -0.25) is 9.69 Å². The summed E-state index contributed by atoms with van der Waals surface area (Å²) in [5.74, 6) is -0.348. The Kier molecular flexibility index (Phi) is 8.61. The standard InChI is InChI=1S/C21H32FN3O4S/c22-19-4-1-2-5-20(19)30(27,28)25-12-8-18(9-13-25)6-7-21(26)23-10-3-11-24-14-16-29-17-15-24/h1-2,4-5,18H,3,6-17H2,(H,23,26). The van der Waals surface area contributed by atoms with Gasteiger partial charge in [-0.15, -0.1) is 0 Å². The van der Waals surface area contributed by atoms with Crippen molar-refractivity contribution in [3.05, 3.63) is 30.1 Å². The van der Waals surface area contributed by atoms with Crippen LogP contribution >= 0.6 is 0 Å². The minimum Gasteiger partial charge on any atom is -0.379 e. The molecule has 0 spiro atoms. The van der Waals surface area contributed by atoms with Gasteiger partial charge < -0.3 is 10.1 Å². The Morgan fingerprint density at radius 3 is 2.53 bits per heavy atom. The van der Waals surface area contributed by atoms with E-state index < -0.39 is 15.8 Å². The van der Waals surface area contributed by atoms with Gasteiger partial charge in [0.05, 0.1) is 13.2 Å². The number of hydrogen-bond acceptors (Lipinski definition) is 5. The predicted molar refractivity (Wildman–Crippen MR) is 112 cm³/mol. The molecule has 7 nitrogen and oxygen atoms in total. The van der Waals surface area contributed by atoms with Gasteiger partial charge in [-0.2, -0.15) is 4.31 Å². The molecule has 0 unspecified atom stereocenters. The van der Waals surface area contributed by atoms with E-state index in [0.717, 1.165) is 45.7 Å². The Morgan fingerprint density at radius 1 is 1.13 bits per heavy atom. The van der Waals surface area contributed by atoms with E-state index in [1.54, 1.807) is 0 Å². The number of carbonyl (C=O) groups is 1. The second-order valence-electron chi connectivity index (χ2n) is 7.97. The number of amides is 1. The maximum atomic E-state index is 13.9. The van der Waals surface area contributed by atoms with Crippen molar-refractivity contribution in [2.45, 2.75) is 37.0 Å². The van der Waals surface area contributed by atoms with Crippen LogP contribution in [0.15, 0.2) is 29.2 Å². The maximum absolute atomic E-state index is 13.9. The van der Waals surface area contributed by atoms with Crippen molar-refractivity contribution in [3.8, 4) is 0 Å². The molecular weight excluding hydrogens is 409 g/mol. The van der Waals surface area contributed by atoms with E-state index in [1.165, 1.54) is 28.6 Å². The van der Waals surface area contributed by atoms with Crippen LogP contribution < -0.4 is 5.32 Å². The van der Waals surface area contributed by atoms with Crippen molar-refractivity contribution < 1.29 is 22.3 Å². The molecule has 30 heavy (non-hydrogen) atoms. The number of halogens is 1. The van der Waals surface area contributed by atoms with Crippen LogP contribution in [0.5, 0.6) is 0 Å². The van der Waals surface area contributed by atoms with Crippen LogP contribution in [0.3, 0.4) is 0 Å². The van der Waals surface area contributed by atoms with Gasteiger partial charge in [0, 0.05) is 39.1 Å². The van der Waals surface area contributed by atoms with Gasteiger partial charge in [-0.1, -0.05) is 12.1 Å². The normalized spacial score (nSPS) is 19.6. The van der Waals surface area contributed by atoms with Crippen molar-refractivity contribution in [1.29, 1.82) is 0 Å². The number of rotatable bonds is 9. The monoisotopic (exact) mass is 441 g/mol. The Hall–Kier alpha value is -1.55. The number of nitrogens with one attached hydrogen (secondary N) is 1. The highest BCUT2D eigenvalue weighted by atomic mass is 32.2. The lowest BCUT2D eigenvalue weighted by Crippen LogP contribution is -2.39. The first-order valence-corrected chi connectivity index (χ1v) is 12.2. The number of sulfonamides is 1. The Labute approximate surface area is 178 Å². The van der Waals surface area contributed by atoms with Crippen LogP contribution in [-0.4, -0.2) is 76.0 Å². The molecule has 0 aliphatic carbocycles. The summed E-state index contributed by atoms with van der Waals surface area (Å²) in [6.07, 6.45) is 3.53. The van der Waals surface area contributed by atoms with Crippen LogP contribution in [0, 0.1) is 11.7 Å². The Bertz CT molecular complexity index is 791. The van der Waals surface area contributed by atoms with Crippen LogP contribution in [0.4, 0.5) is 4.39 Å². The van der Waals surface area contributed by atoms with Crippen molar-refractivity contribution in [2.75, 3.05) is 52.5 Å². The molecule has 2 heterocycles. The zero-order valence-electron chi connectivity index (χ0n) is 17.4. The minimum absolute atomic E-state index is 0.0541. The molecule has 3 rings (SSSR count). The summed E-state index contributed by atoms with van der Waals surface area (Å²) in [5.41, 5.74) is 0. The average molecular weight is 442 g/mol. The zero-order chi connectivity index (χ0) is 21.4. The van der Waals surface area contributed by atoms with Gasteiger partial charge in [0.2, 0.25) is 15.9 Å². The Morgan fingerprint density at radius 2 is 1.83 bits per heavy atom. The summed E-state index contributed by atoms with van der Waals surface area (Å²) in [6, 6.07) is 5.48. The van der Waals surface area contributed by atoms with E-state index in [1.807, 2.05) is 0 Å². The quantitative estimate of drug-likeness (QED) is 0.592. The van der Waals surface area contributed by atoms with E-state index in [2.05, 4.69) is 10.2 Å². The topological polar surface area (TPSA) is 79.0 Å². The molecule has 1 amide bonds. The second kappa shape index (κ2) is 11.2. The van der Waals surface area contributed by atoms with Gasteiger partial charge in [0.25, 0.3) is 0 Å². The number of nitrogens with zero attached hydrogens (tertiary/aromatic N) is 2. The molecule has 9 heteroatoms. The third-order valence-electron chi connectivity index (χ3n) is 5.88. The number of hydrogen-bond donors (Lipinski definition) is 1. The summed E-state index contributed by atoms with van der Waals surface area (Å²) in [5, 5.41) is 2.98. The first kappa shape index (κ1) is 23.1. The number of ether oxygens (including phenoxy) is 1. The third-order valence-corrected chi connectivity index (χ3v) is 7.82. The molecule has 1 aromatic rings. The lowest BCUT2D eigenvalue weighted by atomic mass is 9.93. The fourth-order valence-corrected chi connectivity index (χ4v) is 5.54. The summed E-state index contributed by atoms with van der Waals surface area (Å²) in [7, 11) is -3.80. The lowest BCUT2D eigenvalue weighted by molar-refractivity contribution is -0.121. The fourth-order valence-electron chi connectivity index (χ4n) is 4.01. The molecule has 2 aliphatic heterocycles. The van der Waals surface area contributed by atoms with E-state index in [4.69, 9.17) is 4.74 Å². The molecule has 0 saturated carbocycles. The largest absolute Gasteiger partial charge is 0.379 e. The Balaban J connectivity index is 1.32. The second-order valence-corrected chi connectivity index (χ2v) is 9.88. The molecule has 0 radical (unpaired) electrons. The molecule has 0 atom stereocenters. The predicted octanol–water partition coefficient (Wildman–Crippen LogP) is 1.85. The number of piperidine rings is 1. The van der Waals surface area contributed by atoms with Crippen LogP contribution in [0.1, 0.15) is 32.1 Å². The molecule has 168 valence electrons. The first-order chi connectivity index (χ1) is 14.5. The molecule has 1 N–H and O–H groups in total. The van der Waals surface area contributed by atoms with Crippen molar-refractivity contribution >= 4 is 15.9 Å². The van der Waals surface area contributed by atoms with E-state index in [0.29, 0.717) is 44.8 Å². The van der Waals surface area contributed by atoms with Gasteiger partial charge in [-0.05, 0) is 50.3 Å². The molecule has 2 fully saturated rings. The number of benzene rings is 1. The lowest BCUT2D eigenvalue weighted by Gasteiger charge is -2.31. The molecule has 1 aromatic carbocycles. The average Bonchev–Trinajstić information content (AvgIpc) is 2.76. The summed E-state index contributed by atoms with van der Waals surface area (Å²) in [4.78, 5) is 14.2. The van der Waals surface area contributed by atoms with Gasteiger partial charge in [0.1, 0.15) is 10.7 Å². The van der Waals surface area contributed by atoms with E-state index in [9.17, 15) is 17.6 Å². The highest BCUT2D eigenvalue weighted by Crippen LogP contribution is 2.27. The maximum Gasteiger partial charge on any atom is 0.245 e.